The molecule has 178 valence electrons. The van der Waals surface area contributed by atoms with Crippen molar-refractivity contribution in [2.75, 3.05) is 13.7 Å². The molecule has 0 aliphatic heterocycles. The third-order valence-electron chi connectivity index (χ3n) is 5.87. The minimum Gasteiger partial charge on any atom is -0.483 e. The largest absolute Gasteiger partial charge is 0.483 e. The molecule has 0 saturated carbocycles. The van der Waals surface area contributed by atoms with Gasteiger partial charge in [0.15, 0.2) is 6.61 Å². The maximum absolute atomic E-state index is 13.5. The van der Waals surface area contributed by atoms with E-state index in [0.29, 0.717) is 17.2 Å². The molecule has 0 aliphatic rings. The Morgan fingerprint density at radius 1 is 0.971 bits per heavy atom. The molecule has 6 heteroatoms. The summed E-state index contributed by atoms with van der Waals surface area (Å²) in [6.07, 6.45) is 0.384. The van der Waals surface area contributed by atoms with Gasteiger partial charge >= 0.3 is 0 Å². The van der Waals surface area contributed by atoms with Crippen LogP contribution in [-0.2, 0) is 22.6 Å². The second-order valence-electron chi connectivity index (χ2n) is 8.46. The van der Waals surface area contributed by atoms with Crippen LogP contribution >= 0.6 is 11.6 Å². The van der Waals surface area contributed by atoms with Crippen LogP contribution in [-0.4, -0.2) is 36.4 Å². The predicted molar refractivity (Wildman–Crippen MR) is 136 cm³/mol. The normalized spacial score (nSPS) is 11.6. The minimum absolute atomic E-state index is 0.174. The number of carbonyl (C=O) groups excluding carboxylic acids is 2. The van der Waals surface area contributed by atoms with Gasteiger partial charge in [-0.15, -0.1) is 0 Å². The predicted octanol–water partition coefficient (Wildman–Crippen LogP) is 5.03. The number of hydrogen-bond acceptors (Lipinski definition) is 3. The zero-order valence-electron chi connectivity index (χ0n) is 20.1. The summed E-state index contributed by atoms with van der Waals surface area (Å²) in [5, 5.41) is 3.29. The van der Waals surface area contributed by atoms with Crippen LogP contribution in [0, 0.1) is 20.8 Å². The molecular formula is C28H31ClN2O3. The lowest BCUT2D eigenvalue weighted by atomic mass is 10.0. The van der Waals surface area contributed by atoms with E-state index in [9.17, 15) is 9.59 Å². The van der Waals surface area contributed by atoms with Crippen LogP contribution in [0.1, 0.15) is 27.8 Å². The van der Waals surface area contributed by atoms with E-state index in [4.69, 9.17) is 16.3 Å². The highest BCUT2D eigenvalue weighted by Crippen LogP contribution is 2.24. The van der Waals surface area contributed by atoms with Gasteiger partial charge in [0.05, 0.1) is 0 Å². The van der Waals surface area contributed by atoms with E-state index in [-0.39, 0.29) is 25.0 Å². The molecule has 2 amide bonds. The van der Waals surface area contributed by atoms with Crippen molar-refractivity contribution in [3.8, 4) is 5.75 Å². The number of hydrogen-bond donors (Lipinski definition) is 1. The first kappa shape index (κ1) is 25.3. The molecular weight excluding hydrogens is 448 g/mol. The molecule has 34 heavy (non-hydrogen) atoms. The van der Waals surface area contributed by atoms with Crippen LogP contribution in [0.5, 0.6) is 5.75 Å². The van der Waals surface area contributed by atoms with Crippen molar-refractivity contribution in [2.45, 2.75) is 39.8 Å². The number of benzene rings is 3. The second kappa shape index (κ2) is 11.7. The number of amides is 2. The lowest BCUT2D eigenvalue weighted by Gasteiger charge is -2.31. The number of rotatable bonds is 9. The number of halogens is 1. The lowest BCUT2D eigenvalue weighted by molar-refractivity contribution is -0.142. The number of aryl methyl sites for hydroxylation is 2. The summed E-state index contributed by atoms with van der Waals surface area (Å²) in [7, 11) is 1.58. The molecule has 0 heterocycles. The lowest BCUT2D eigenvalue weighted by Crippen LogP contribution is -2.51. The topological polar surface area (TPSA) is 58.6 Å². The Morgan fingerprint density at radius 2 is 1.68 bits per heavy atom. The van der Waals surface area contributed by atoms with Gasteiger partial charge in [0, 0.05) is 25.0 Å². The number of likely N-dealkylation sites (N-methyl/N-ethyl adjacent to an activating group) is 1. The first-order chi connectivity index (χ1) is 16.3. The molecule has 1 atom stereocenters. The molecule has 0 spiro atoms. The maximum atomic E-state index is 13.5. The van der Waals surface area contributed by atoms with E-state index < -0.39 is 6.04 Å². The highest BCUT2D eigenvalue weighted by atomic mass is 35.5. The monoisotopic (exact) mass is 478 g/mol. The summed E-state index contributed by atoms with van der Waals surface area (Å²) in [6, 6.07) is 20.3. The zero-order chi connectivity index (χ0) is 24.7. The number of nitrogens with one attached hydrogen (secondary N) is 1. The summed E-state index contributed by atoms with van der Waals surface area (Å²) in [5.74, 6) is 0.165. The molecule has 3 aromatic carbocycles. The van der Waals surface area contributed by atoms with Gasteiger partial charge < -0.3 is 15.0 Å². The molecule has 0 fully saturated rings. The van der Waals surface area contributed by atoms with E-state index in [1.807, 2.05) is 69.3 Å². The van der Waals surface area contributed by atoms with Gasteiger partial charge in [-0.05, 0) is 66.8 Å². The van der Waals surface area contributed by atoms with Gasteiger partial charge in [-0.1, -0.05) is 60.1 Å². The third kappa shape index (κ3) is 6.61. The summed E-state index contributed by atoms with van der Waals surface area (Å²) >= 11 is 6.19. The van der Waals surface area contributed by atoms with Gasteiger partial charge in [-0.2, -0.15) is 0 Å². The quantitative estimate of drug-likeness (QED) is 0.469. The Kier molecular flexibility index (Phi) is 8.72. The Balaban J connectivity index is 1.90. The standard InChI is InChI=1S/C28H31ClN2O3/c1-19-13-20(2)21(3)26(14-19)34-18-27(32)31(17-23-11-8-12-24(29)15-23)25(28(33)30-4)16-22-9-6-5-7-10-22/h5-15,25H,16-18H2,1-4H3,(H,30,33). The highest BCUT2D eigenvalue weighted by Gasteiger charge is 2.30. The molecule has 1 N–H and O–H groups in total. The summed E-state index contributed by atoms with van der Waals surface area (Å²) in [4.78, 5) is 28.1. The van der Waals surface area contributed by atoms with E-state index in [0.717, 1.165) is 27.8 Å². The van der Waals surface area contributed by atoms with Gasteiger partial charge in [-0.3, -0.25) is 9.59 Å². The number of ether oxygens (including phenoxy) is 1. The Labute approximate surface area is 206 Å². The molecule has 0 radical (unpaired) electrons. The van der Waals surface area contributed by atoms with E-state index >= 15 is 0 Å². The van der Waals surface area contributed by atoms with Gasteiger partial charge in [0.1, 0.15) is 11.8 Å². The fraction of sp³-hybridized carbons (Fsp3) is 0.286. The van der Waals surface area contributed by atoms with Crippen LogP contribution in [0.4, 0.5) is 0 Å². The van der Waals surface area contributed by atoms with Crippen molar-refractivity contribution in [1.82, 2.24) is 10.2 Å². The average Bonchev–Trinajstić information content (AvgIpc) is 2.82. The molecule has 0 bridgehead atoms. The average molecular weight is 479 g/mol. The SMILES string of the molecule is CNC(=O)C(Cc1ccccc1)N(Cc1cccc(Cl)c1)C(=O)COc1cc(C)cc(C)c1C. The van der Waals surface area contributed by atoms with E-state index in [2.05, 4.69) is 11.4 Å². The molecule has 0 aliphatic carbocycles. The van der Waals surface area contributed by atoms with Crippen molar-refractivity contribution in [3.63, 3.8) is 0 Å². The second-order valence-corrected chi connectivity index (χ2v) is 8.90. The summed E-state index contributed by atoms with van der Waals surface area (Å²) in [5.41, 5.74) is 4.96. The van der Waals surface area contributed by atoms with E-state index in [1.54, 1.807) is 24.1 Å². The molecule has 1 unspecified atom stereocenters. The van der Waals surface area contributed by atoms with Crippen LogP contribution in [0.25, 0.3) is 0 Å². The van der Waals surface area contributed by atoms with Crippen molar-refractivity contribution in [2.24, 2.45) is 0 Å². The summed E-state index contributed by atoms with van der Waals surface area (Å²) < 4.78 is 5.97. The van der Waals surface area contributed by atoms with Gasteiger partial charge in [0.25, 0.3) is 5.91 Å². The van der Waals surface area contributed by atoms with Crippen LogP contribution in [0.15, 0.2) is 66.7 Å². The first-order valence-corrected chi connectivity index (χ1v) is 11.7. The molecule has 5 nitrogen and oxygen atoms in total. The highest BCUT2D eigenvalue weighted by molar-refractivity contribution is 6.30. The third-order valence-corrected chi connectivity index (χ3v) is 6.11. The summed E-state index contributed by atoms with van der Waals surface area (Å²) in [6.45, 7) is 6.05. The smallest absolute Gasteiger partial charge is 0.261 e. The fourth-order valence-electron chi connectivity index (χ4n) is 3.93. The van der Waals surface area contributed by atoms with Crippen molar-refractivity contribution in [1.29, 1.82) is 0 Å². The van der Waals surface area contributed by atoms with Gasteiger partial charge in [0.2, 0.25) is 5.91 Å². The Bertz CT molecular complexity index is 1150. The fourth-order valence-corrected chi connectivity index (χ4v) is 4.14. The maximum Gasteiger partial charge on any atom is 0.261 e. The molecule has 3 aromatic rings. The first-order valence-electron chi connectivity index (χ1n) is 11.3. The van der Waals surface area contributed by atoms with Crippen molar-refractivity contribution in [3.05, 3.63) is 99.6 Å². The van der Waals surface area contributed by atoms with Gasteiger partial charge in [-0.25, -0.2) is 0 Å². The van der Waals surface area contributed by atoms with Crippen molar-refractivity contribution >= 4 is 23.4 Å². The van der Waals surface area contributed by atoms with Crippen molar-refractivity contribution < 1.29 is 14.3 Å². The number of nitrogens with zero attached hydrogens (tertiary/aromatic N) is 1. The molecule has 0 saturated heterocycles. The Hall–Kier alpha value is -3.31. The van der Waals surface area contributed by atoms with E-state index in [1.165, 1.54) is 0 Å². The Morgan fingerprint density at radius 3 is 2.35 bits per heavy atom. The number of carbonyl (C=O) groups is 2. The van der Waals surface area contributed by atoms with Crippen LogP contribution < -0.4 is 10.1 Å². The molecule has 3 rings (SSSR count). The molecule has 0 aromatic heterocycles. The van der Waals surface area contributed by atoms with Crippen LogP contribution in [0.3, 0.4) is 0 Å². The minimum atomic E-state index is -0.706. The van der Waals surface area contributed by atoms with Crippen LogP contribution in [0.2, 0.25) is 5.02 Å². The zero-order valence-corrected chi connectivity index (χ0v) is 20.9.